The van der Waals surface area contributed by atoms with Crippen LogP contribution in [0.25, 0.3) is 0 Å². The van der Waals surface area contributed by atoms with Crippen molar-refractivity contribution in [2.75, 3.05) is 0 Å². The predicted octanol–water partition coefficient (Wildman–Crippen LogP) is 1.50. The van der Waals surface area contributed by atoms with E-state index in [-0.39, 0.29) is 5.78 Å². The van der Waals surface area contributed by atoms with Gasteiger partial charge < -0.3 is 4.79 Å². The summed E-state index contributed by atoms with van der Waals surface area (Å²) < 4.78 is 0. The van der Waals surface area contributed by atoms with E-state index in [4.69, 9.17) is 0 Å². The zero-order valence-electron chi connectivity index (χ0n) is 6.39. The molecule has 0 N–H and O–H groups in total. The summed E-state index contributed by atoms with van der Waals surface area (Å²) in [6.45, 7) is 3.28. The largest absolute Gasteiger partial charge is 0.300 e. The Morgan fingerprint density at radius 3 is 2.40 bits per heavy atom. The van der Waals surface area contributed by atoms with E-state index in [1.807, 2.05) is 0 Å². The molecular formula is C8H12O2. The van der Waals surface area contributed by atoms with Crippen LogP contribution in [0.5, 0.6) is 0 Å². The lowest BCUT2D eigenvalue weighted by molar-refractivity contribution is -0.117. The van der Waals surface area contributed by atoms with Crippen LogP contribution in [0.4, 0.5) is 0 Å². The average molecular weight is 140 g/mol. The molecule has 56 valence electrons. The first-order valence-electron chi connectivity index (χ1n) is 3.28. The zero-order valence-corrected chi connectivity index (χ0v) is 6.39. The van der Waals surface area contributed by atoms with Gasteiger partial charge in [0.15, 0.2) is 0 Å². The number of carbonyl (C=O) groups excluding carboxylic acids is 2. The Kier molecular flexibility index (Phi) is 4.46. The maximum Gasteiger partial charge on any atom is 0.145 e. The fourth-order valence-electron chi connectivity index (χ4n) is 0.551. The number of rotatable bonds is 4. The molecule has 0 aliphatic carbocycles. The van der Waals surface area contributed by atoms with Gasteiger partial charge in [-0.1, -0.05) is 6.08 Å². The Balaban J connectivity index is 3.52. The van der Waals surface area contributed by atoms with Gasteiger partial charge in [-0.3, -0.25) is 4.79 Å². The van der Waals surface area contributed by atoms with Crippen LogP contribution in [-0.2, 0) is 9.59 Å². The molecule has 0 unspecified atom stereocenters. The number of ketones is 1. The van der Waals surface area contributed by atoms with Crippen molar-refractivity contribution in [3.8, 4) is 0 Å². The third-order valence-corrected chi connectivity index (χ3v) is 1.15. The predicted molar refractivity (Wildman–Crippen MR) is 39.7 cm³/mol. The molecule has 0 aromatic rings. The summed E-state index contributed by atoms with van der Waals surface area (Å²) >= 11 is 0. The third kappa shape index (κ3) is 5.22. The monoisotopic (exact) mass is 140 g/mol. The van der Waals surface area contributed by atoms with Crippen LogP contribution in [0.1, 0.15) is 26.7 Å². The second-order valence-corrected chi connectivity index (χ2v) is 2.31. The van der Waals surface area contributed by atoms with Gasteiger partial charge in [0.25, 0.3) is 0 Å². The number of aldehydes is 1. The van der Waals surface area contributed by atoms with Crippen LogP contribution in [0.15, 0.2) is 11.6 Å². The van der Waals surface area contributed by atoms with Gasteiger partial charge in [0.1, 0.15) is 12.1 Å². The summed E-state index contributed by atoms with van der Waals surface area (Å²) in [6.07, 6.45) is 3.78. The topological polar surface area (TPSA) is 34.1 Å². The van der Waals surface area contributed by atoms with Crippen LogP contribution in [0, 0.1) is 0 Å². The Bertz CT molecular complexity index is 157. The molecule has 0 saturated carbocycles. The molecule has 0 atom stereocenters. The SMILES string of the molecule is CC(=O)CC/C=C(/C)C=O. The lowest BCUT2D eigenvalue weighted by atomic mass is 10.2. The van der Waals surface area contributed by atoms with Gasteiger partial charge in [0.2, 0.25) is 0 Å². The zero-order chi connectivity index (χ0) is 7.98. The van der Waals surface area contributed by atoms with Crippen LogP contribution >= 0.6 is 0 Å². The van der Waals surface area contributed by atoms with Gasteiger partial charge in [-0.05, 0) is 25.8 Å². The summed E-state index contributed by atoms with van der Waals surface area (Å²) in [5, 5.41) is 0. The maximum atomic E-state index is 10.4. The molecule has 0 aliphatic rings. The van der Waals surface area contributed by atoms with Crippen LogP contribution in [0.3, 0.4) is 0 Å². The second kappa shape index (κ2) is 4.91. The van der Waals surface area contributed by atoms with E-state index >= 15 is 0 Å². The Morgan fingerprint density at radius 2 is 2.00 bits per heavy atom. The Labute approximate surface area is 60.9 Å². The molecule has 0 heterocycles. The number of Topliss-reactive ketones (excluding diaryl/α,β-unsaturated/α-hetero) is 1. The Morgan fingerprint density at radius 1 is 1.40 bits per heavy atom. The smallest absolute Gasteiger partial charge is 0.145 e. The molecule has 0 aromatic heterocycles. The van der Waals surface area contributed by atoms with Crippen LogP contribution < -0.4 is 0 Å². The maximum absolute atomic E-state index is 10.4. The lowest BCUT2D eigenvalue weighted by Crippen LogP contribution is -1.87. The summed E-state index contributed by atoms with van der Waals surface area (Å²) in [5.41, 5.74) is 0.696. The van der Waals surface area contributed by atoms with E-state index in [0.29, 0.717) is 18.4 Å². The van der Waals surface area contributed by atoms with E-state index < -0.39 is 0 Å². The van der Waals surface area contributed by atoms with Crippen LogP contribution in [-0.4, -0.2) is 12.1 Å². The van der Waals surface area contributed by atoms with Crippen molar-refractivity contribution in [1.82, 2.24) is 0 Å². The molecule has 10 heavy (non-hydrogen) atoms. The fourth-order valence-corrected chi connectivity index (χ4v) is 0.551. The summed E-state index contributed by atoms with van der Waals surface area (Å²) in [6, 6.07) is 0. The number of hydrogen-bond donors (Lipinski definition) is 0. The molecule has 0 saturated heterocycles. The van der Waals surface area contributed by atoms with Crippen molar-refractivity contribution in [3.05, 3.63) is 11.6 Å². The lowest BCUT2D eigenvalue weighted by Gasteiger charge is -1.88. The van der Waals surface area contributed by atoms with Gasteiger partial charge in [-0.2, -0.15) is 0 Å². The summed E-state index contributed by atoms with van der Waals surface area (Å²) in [4.78, 5) is 20.4. The minimum atomic E-state index is 0.162. The highest BCUT2D eigenvalue weighted by atomic mass is 16.1. The number of allylic oxidation sites excluding steroid dienone is 2. The van der Waals surface area contributed by atoms with Gasteiger partial charge in [0.05, 0.1) is 0 Å². The molecule has 0 aliphatic heterocycles. The van der Waals surface area contributed by atoms with Crippen molar-refractivity contribution < 1.29 is 9.59 Å². The molecule has 0 spiro atoms. The molecular weight excluding hydrogens is 128 g/mol. The molecule has 2 nitrogen and oxygen atoms in total. The highest BCUT2D eigenvalue weighted by Crippen LogP contribution is 1.95. The molecule has 0 rings (SSSR count). The van der Waals surface area contributed by atoms with Crippen molar-refractivity contribution in [1.29, 1.82) is 0 Å². The van der Waals surface area contributed by atoms with Gasteiger partial charge >= 0.3 is 0 Å². The van der Waals surface area contributed by atoms with Crippen molar-refractivity contribution >= 4 is 12.1 Å². The molecule has 0 radical (unpaired) electrons. The summed E-state index contributed by atoms with van der Waals surface area (Å²) in [5.74, 6) is 0.162. The van der Waals surface area contributed by atoms with Gasteiger partial charge in [-0.25, -0.2) is 0 Å². The average Bonchev–Trinajstić information content (AvgIpc) is 1.87. The Hall–Kier alpha value is -0.920. The molecule has 0 aromatic carbocycles. The van der Waals surface area contributed by atoms with Gasteiger partial charge in [-0.15, -0.1) is 0 Å². The minimum absolute atomic E-state index is 0.162. The normalized spacial score (nSPS) is 11.2. The highest BCUT2D eigenvalue weighted by molar-refractivity contribution is 5.76. The number of carbonyl (C=O) groups is 2. The van der Waals surface area contributed by atoms with E-state index in [0.717, 1.165) is 6.29 Å². The first-order chi connectivity index (χ1) is 4.66. The minimum Gasteiger partial charge on any atom is -0.300 e. The highest BCUT2D eigenvalue weighted by Gasteiger charge is 1.89. The molecule has 0 fully saturated rings. The van der Waals surface area contributed by atoms with E-state index in [1.54, 1.807) is 19.9 Å². The van der Waals surface area contributed by atoms with E-state index in [9.17, 15) is 9.59 Å². The van der Waals surface area contributed by atoms with Crippen molar-refractivity contribution in [3.63, 3.8) is 0 Å². The quantitative estimate of drug-likeness (QED) is 0.438. The van der Waals surface area contributed by atoms with Crippen LogP contribution in [0.2, 0.25) is 0 Å². The molecule has 0 amide bonds. The fraction of sp³-hybridized carbons (Fsp3) is 0.500. The number of hydrogen-bond acceptors (Lipinski definition) is 2. The first kappa shape index (κ1) is 9.08. The summed E-state index contributed by atoms with van der Waals surface area (Å²) in [7, 11) is 0. The standard InChI is InChI=1S/C8H12O2/c1-7(6-9)4-3-5-8(2)10/h4,6H,3,5H2,1-2H3/b7-4-. The van der Waals surface area contributed by atoms with Gasteiger partial charge in [0, 0.05) is 6.42 Å². The van der Waals surface area contributed by atoms with E-state index in [1.165, 1.54) is 0 Å². The second-order valence-electron chi connectivity index (χ2n) is 2.31. The first-order valence-corrected chi connectivity index (χ1v) is 3.28. The molecule has 2 heteroatoms. The van der Waals surface area contributed by atoms with Crippen molar-refractivity contribution in [2.45, 2.75) is 26.7 Å². The molecule has 0 bridgehead atoms. The van der Waals surface area contributed by atoms with Crippen molar-refractivity contribution in [2.24, 2.45) is 0 Å². The third-order valence-electron chi connectivity index (χ3n) is 1.15. The van der Waals surface area contributed by atoms with E-state index in [2.05, 4.69) is 0 Å².